The van der Waals surface area contributed by atoms with Gasteiger partial charge in [0, 0.05) is 55.5 Å². The Bertz CT molecular complexity index is 1010. The number of aliphatic hydroxyl groups is 1. The summed E-state index contributed by atoms with van der Waals surface area (Å²) in [6, 6.07) is 17.8. The molecule has 0 unspecified atom stereocenters. The number of hydrogen-bond donors (Lipinski definition) is 2. The van der Waals surface area contributed by atoms with Crippen molar-refractivity contribution in [3.63, 3.8) is 0 Å². The number of aryl methyl sites for hydroxylation is 2. The molecule has 1 aliphatic rings. The van der Waals surface area contributed by atoms with Gasteiger partial charge >= 0.3 is 0 Å². The van der Waals surface area contributed by atoms with Crippen LogP contribution in [0.2, 0.25) is 0 Å². The number of benzene rings is 1. The molecule has 2 aromatic heterocycles. The number of nitrogens with one attached hydrogen (secondary N) is 1. The number of pyridine rings is 2. The maximum Gasteiger partial charge on any atom is 0.251 e. The van der Waals surface area contributed by atoms with E-state index in [2.05, 4.69) is 44.5 Å². The van der Waals surface area contributed by atoms with Gasteiger partial charge in [-0.1, -0.05) is 30.3 Å². The molecule has 3 aromatic rings. The van der Waals surface area contributed by atoms with Crippen LogP contribution in [0.3, 0.4) is 0 Å². The van der Waals surface area contributed by atoms with Gasteiger partial charge in [0.2, 0.25) is 0 Å². The Kier molecular flexibility index (Phi) is 7.02. The summed E-state index contributed by atoms with van der Waals surface area (Å²) < 4.78 is 0. The molecular formula is C25H28N4O2. The third kappa shape index (κ3) is 5.96. The highest BCUT2D eigenvalue weighted by molar-refractivity contribution is 5.94. The molecule has 0 fully saturated rings. The second-order valence-electron chi connectivity index (χ2n) is 7.97. The first-order valence-corrected chi connectivity index (χ1v) is 10.8. The number of nitrogens with zero attached hydrogens (tertiary/aromatic N) is 3. The first-order valence-electron chi connectivity index (χ1n) is 10.8. The zero-order valence-corrected chi connectivity index (χ0v) is 17.6. The Labute approximate surface area is 183 Å². The van der Waals surface area contributed by atoms with E-state index < -0.39 is 6.10 Å². The van der Waals surface area contributed by atoms with Gasteiger partial charge in [-0.3, -0.25) is 19.7 Å². The summed E-state index contributed by atoms with van der Waals surface area (Å²) in [5, 5.41) is 13.3. The molecule has 160 valence electrons. The maximum absolute atomic E-state index is 12.6. The Morgan fingerprint density at radius 3 is 2.61 bits per heavy atom. The first kappa shape index (κ1) is 21.2. The van der Waals surface area contributed by atoms with E-state index in [0.717, 1.165) is 43.7 Å². The zero-order valence-electron chi connectivity index (χ0n) is 17.6. The van der Waals surface area contributed by atoms with E-state index in [1.54, 1.807) is 18.5 Å². The minimum absolute atomic E-state index is 0.190. The van der Waals surface area contributed by atoms with Gasteiger partial charge in [0.05, 0.1) is 6.10 Å². The SMILES string of the molecule is O=C(NC[C@H](O)CN1CCc2ccccc2C1)c1ccnc(CCc2ccccn2)c1. The van der Waals surface area contributed by atoms with Crippen molar-refractivity contribution in [3.05, 3.63) is 95.1 Å². The lowest BCUT2D eigenvalue weighted by Crippen LogP contribution is -2.42. The normalized spacial score (nSPS) is 14.6. The van der Waals surface area contributed by atoms with E-state index in [0.29, 0.717) is 12.1 Å². The fourth-order valence-corrected chi connectivity index (χ4v) is 3.94. The van der Waals surface area contributed by atoms with E-state index in [4.69, 9.17) is 0 Å². The van der Waals surface area contributed by atoms with E-state index in [-0.39, 0.29) is 12.5 Å². The molecule has 6 nitrogen and oxygen atoms in total. The number of hydrogen-bond acceptors (Lipinski definition) is 5. The van der Waals surface area contributed by atoms with Gasteiger partial charge < -0.3 is 10.4 Å². The van der Waals surface area contributed by atoms with E-state index >= 15 is 0 Å². The summed E-state index contributed by atoms with van der Waals surface area (Å²) in [5.41, 5.74) is 5.12. The predicted molar refractivity (Wildman–Crippen MR) is 120 cm³/mol. The molecule has 1 atom stereocenters. The molecule has 1 aromatic carbocycles. The first-order chi connectivity index (χ1) is 15.2. The minimum atomic E-state index is -0.611. The van der Waals surface area contributed by atoms with Gasteiger partial charge in [0.1, 0.15) is 0 Å². The van der Waals surface area contributed by atoms with Gasteiger partial charge in [-0.2, -0.15) is 0 Å². The van der Waals surface area contributed by atoms with Crippen molar-refractivity contribution in [1.29, 1.82) is 0 Å². The predicted octanol–water partition coefficient (Wildman–Crippen LogP) is 2.41. The molecule has 2 N–H and O–H groups in total. The fourth-order valence-electron chi connectivity index (χ4n) is 3.94. The molecule has 0 bridgehead atoms. The quantitative estimate of drug-likeness (QED) is 0.590. The third-order valence-electron chi connectivity index (χ3n) is 5.62. The summed E-state index contributed by atoms with van der Waals surface area (Å²) in [5.74, 6) is -0.190. The second kappa shape index (κ2) is 10.3. The molecule has 0 spiro atoms. The number of carbonyl (C=O) groups is 1. The van der Waals surface area contributed by atoms with Crippen LogP contribution in [0.15, 0.2) is 67.0 Å². The summed E-state index contributed by atoms with van der Waals surface area (Å²) in [6.45, 7) is 2.53. The van der Waals surface area contributed by atoms with Crippen molar-refractivity contribution in [2.45, 2.75) is 31.9 Å². The van der Waals surface area contributed by atoms with Crippen molar-refractivity contribution in [3.8, 4) is 0 Å². The standard InChI is InChI=1S/C25H28N4O2/c30-24(18-29-14-11-19-5-1-2-6-21(19)17-29)16-28-25(31)20-10-13-27-23(15-20)9-8-22-7-3-4-12-26-22/h1-7,10,12-13,15,24,30H,8-9,11,14,16-18H2,(H,28,31)/t24-/m0/s1. The number of β-amino-alcohol motifs (C(OH)–C–C–N with tert-alkyl or cyclic N) is 1. The Morgan fingerprint density at radius 1 is 1.00 bits per heavy atom. The second-order valence-corrected chi connectivity index (χ2v) is 7.97. The molecule has 1 aliphatic heterocycles. The highest BCUT2D eigenvalue weighted by Crippen LogP contribution is 2.18. The minimum Gasteiger partial charge on any atom is -0.390 e. The van der Waals surface area contributed by atoms with Crippen LogP contribution >= 0.6 is 0 Å². The van der Waals surface area contributed by atoms with Gasteiger partial charge in [-0.05, 0) is 54.7 Å². The largest absolute Gasteiger partial charge is 0.390 e. The molecule has 0 radical (unpaired) electrons. The van der Waals surface area contributed by atoms with Crippen molar-refractivity contribution in [2.24, 2.45) is 0 Å². The fraction of sp³-hybridized carbons (Fsp3) is 0.320. The summed E-state index contributed by atoms with van der Waals surface area (Å²) >= 11 is 0. The van der Waals surface area contributed by atoms with Crippen LogP contribution in [-0.2, 0) is 25.8 Å². The molecule has 0 saturated carbocycles. The highest BCUT2D eigenvalue weighted by atomic mass is 16.3. The molecule has 31 heavy (non-hydrogen) atoms. The molecule has 4 rings (SSSR count). The van der Waals surface area contributed by atoms with Crippen molar-refractivity contribution in [1.82, 2.24) is 20.2 Å². The Hall–Kier alpha value is -3.09. The summed E-state index contributed by atoms with van der Waals surface area (Å²) in [4.78, 5) is 23.5. The molecule has 1 amide bonds. The van der Waals surface area contributed by atoms with Crippen LogP contribution in [0.1, 0.15) is 32.9 Å². The molecule has 0 aliphatic carbocycles. The van der Waals surface area contributed by atoms with Crippen molar-refractivity contribution < 1.29 is 9.90 Å². The van der Waals surface area contributed by atoms with Gasteiger partial charge in [-0.15, -0.1) is 0 Å². The van der Waals surface area contributed by atoms with Crippen LogP contribution < -0.4 is 5.32 Å². The molecular weight excluding hydrogens is 388 g/mol. The monoisotopic (exact) mass is 416 g/mol. The number of carbonyl (C=O) groups excluding carboxylic acids is 1. The van der Waals surface area contributed by atoms with Crippen molar-refractivity contribution in [2.75, 3.05) is 19.6 Å². The number of amides is 1. The van der Waals surface area contributed by atoms with Crippen LogP contribution in [0.4, 0.5) is 0 Å². The number of aliphatic hydroxyl groups excluding tert-OH is 1. The van der Waals surface area contributed by atoms with Crippen LogP contribution in [-0.4, -0.2) is 51.6 Å². The van der Waals surface area contributed by atoms with E-state index in [1.165, 1.54) is 11.1 Å². The number of rotatable bonds is 8. The van der Waals surface area contributed by atoms with Crippen molar-refractivity contribution >= 4 is 5.91 Å². The lowest BCUT2D eigenvalue weighted by atomic mass is 10.00. The smallest absolute Gasteiger partial charge is 0.251 e. The third-order valence-corrected chi connectivity index (χ3v) is 5.62. The average molecular weight is 417 g/mol. The topological polar surface area (TPSA) is 78.4 Å². The lowest BCUT2D eigenvalue weighted by Gasteiger charge is -2.30. The lowest BCUT2D eigenvalue weighted by molar-refractivity contribution is 0.0841. The molecule has 0 saturated heterocycles. The van der Waals surface area contributed by atoms with Gasteiger partial charge in [-0.25, -0.2) is 0 Å². The van der Waals surface area contributed by atoms with Crippen LogP contribution in [0, 0.1) is 0 Å². The summed E-state index contributed by atoms with van der Waals surface area (Å²) in [6.07, 6.45) is 5.31. The molecule has 3 heterocycles. The maximum atomic E-state index is 12.6. The zero-order chi connectivity index (χ0) is 21.5. The summed E-state index contributed by atoms with van der Waals surface area (Å²) in [7, 11) is 0. The Morgan fingerprint density at radius 2 is 1.77 bits per heavy atom. The number of aromatic nitrogens is 2. The molecule has 6 heteroatoms. The van der Waals surface area contributed by atoms with E-state index in [1.807, 2.05) is 24.3 Å². The van der Waals surface area contributed by atoms with Gasteiger partial charge in [0.25, 0.3) is 5.91 Å². The van der Waals surface area contributed by atoms with E-state index in [9.17, 15) is 9.90 Å². The Balaban J connectivity index is 1.25. The highest BCUT2D eigenvalue weighted by Gasteiger charge is 2.19. The van der Waals surface area contributed by atoms with Gasteiger partial charge in [0.15, 0.2) is 0 Å². The average Bonchev–Trinajstić information content (AvgIpc) is 2.82. The number of fused-ring (bicyclic) bond motifs is 1. The van der Waals surface area contributed by atoms with Crippen LogP contribution in [0.25, 0.3) is 0 Å². The van der Waals surface area contributed by atoms with Crippen LogP contribution in [0.5, 0.6) is 0 Å².